The van der Waals surface area contributed by atoms with Crippen molar-refractivity contribution in [3.63, 3.8) is 0 Å². The summed E-state index contributed by atoms with van der Waals surface area (Å²) in [6.45, 7) is 6.74. The molecule has 0 fully saturated rings. The van der Waals surface area contributed by atoms with Crippen LogP contribution >= 0.6 is 0 Å². The van der Waals surface area contributed by atoms with Crippen LogP contribution in [0.1, 0.15) is 110 Å². The van der Waals surface area contributed by atoms with Gasteiger partial charge in [-0.3, -0.25) is 4.79 Å². The summed E-state index contributed by atoms with van der Waals surface area (Å²) in [7, 11) is 0. The average molecular weight is 350 g/mol. The molecule has 0 saturated carbocycles. The Bertz CT molecular complexity index is 322. The Hall–Kier alpha value is -1.05. The second-order valence-corrected chi connectivity index (χ2v) is 7.12. The van der Waals surface area contributed by atoms with Gasteiger partial charge >= 0.3 is 0 Å². The van der Waals surface area contributed by atoms with Crippen LogP contribution in [0.5, 0.6) is 0 Å². The molecule has 0 atom stereocenters. The molecule has 2 nitrogen and oxygen atoms in total. The van der Waals surface area contributed by atoms with Crippen molar-refractivity contribution in [2.24, 2.45) is 0 Å². The topological polar surface area (TPSA) is 29.1 Å². The molecule has 0 aliphatic rings. The molecule has 0 saturated heterocycles. The monoisotopic (exact) mass is 349 g/mol. The van der Waals surface area contributed by atoms with Crippen molar-refractivity contribution < 1.29 is 4.79 Å². The molecule has 0 rings (SSSR count). The van der Waals surface area contributed by atoms with Crippen LogP contribution in [0.4, 0.5) is 0 Å². The highest BCUT2D eigenvalue weighted by Gasteiger charge is 1.99. The molecule has 1 amide bonds. The summed E-state index contributed by atoms with van der Waals surface area (Å²) in [4.78, 5) is 11.6. The lowest BCUT2D eigenvalue weighted by atomic mass is 10.1. The smallest absolute Gasteiger partial charge is 0.219 e. The second-order valence-electron chi connectivity index (χ2n) is 7.12. The van der Waals surface area contributed by atoms with E-state index in [-0.39, 0.29) is 5.91 Å². The van der Waals surface area contributed by atoms with Crippen LogP contribution in [-0.2, 0) is 4.79 Å². The molecular weight excluding hydrogens is 306 g/mol. The zero-order chi connectivity index (χ0) is 18.4. The molecular formula is C23H43NO. The molecule has 0 aromatic carbocycles. The molecule has 0 aromatic rings. The highest BCUT2D eigenvalue weighted by Crippen LogP contribution is 2.09. The van der Waals surface area contributed by atoms with E-state index in [1.807, 2.05) is 6.08 Å². The maximum atomic E-state index is 11.6. The highest BCUT2D eigenvalue weighted by atomic mass is 16.1. The number of unbranched alkanes of at least 4 members (excludes halogenated alkanes) is 12. The summed E-state index contributed by atoms with van der Waals surface area (Å²) in [6, 6.07) is 0. The van der Waals surface area contributed by atoms with Crippen LogP contribution in [0.3, 0.4) is 0 Å². The molecule has 146 valence electrons. The molecule has 0 unspecified atom stereocenters. The summed E-state index contributed by atoms with van der Waals surface area (Å²) < 4.78 is 0. The standard InChI is InChI=1S/C23H43NO/c1-3-5-7-8-9-10-11-12-13-14-15-16-17-18-19-21-23(25)24-22-20-6-4-2/h4,12-13H,2-3,5-11,14-22H2,1H3,(H,24,25)/b13-12-. The number of hydrogen-bond acceptors (Lipinski definition) is 1. The summed E-state index contributed by atoms with van der Waals surface area (Å²) in [6.07, 6.45) is 26.2. The molecule has 0 spiro atoms. The number of rotatable bonds is 19. The van der Waals surface area contributed by atoms with Crippen LogP contribution in [0.25, 0.3) is 0 Å². The third kappa shape index (κ3) is 20.9. The first-order valence-corrected chi connectivity index (χ1v) is 10.8. The number of carbonyl (C=O) groups is 1. The second kappa shape index (κ2) is 21.0. The number of hydrogen-bond donors (Lipinski definition) is 1. The van der Waals surface area contributed by atoms with Crippen molar-refractivity contribution in [3.8, 4) is 0 Å². The molecule has 0 bridgehead atoms. The fraction of sp³-hybridized carbons (Fsp3) is 0.783. The van der Waals surface area contributed by atoms with Gasteiger partial charge in [-0.05, 0) is 44.9 Å². The lowest BCUT2D eigenvalue weighted by Crippen LogP contribution is -2.23. The highest BCUT2D eigenvalue weighted by molar-refractivity contribution is 5.75. The van der Waals surface area contributed by atoms with Gasteiger partial charge in [0, 0.05) is 13.0 Å². The molecule has 0 aliphatic heterocycles. The lowest BCUT2D eigenvalue weighted by molar-refractivity contribution is -0.121. The van der Waals surface area contributed by atoms with E-state index in [0.717, 1.165) is 25.8 Å². The van der Waals surface area contributed by atoms with Gasteiger partial charge in [-0.15, -0.1) is 6.58 Å². The van der Waals surface area contributed by atoms with E-state index in [1.54, 1.807) is 0 Å². The van der Waals surface area contributed by atoms with Crippen LogP contribution < -0.4 is 5.32 Å². The molecule has 0 heterocycles. The predicted molar refractivity (Wildman–Crippen MR) is 112 cm³/mol. The third-order valence-corrected chi connectivity index (χ3v) is 4.57. The average Bonchev–Trinajstić information content (AvgIpc) is 2.62. The van der Waals surface area contributed by atoms with Gasteiger partial charge in [0.25, 0.3) is 0 Å². The van der Waals surface area contributed by atoms with E-state index in [2.05, 4.69) is 31.0 Å². The van der Waals surface area contributed by atoms with Crippen molar-refractivity contribution in [2.45, 2.75) is 110 Å². The fourth-order valence-electron chi connectivity index (χ4n) is 2.92. The first-order chi connectivity index (χ1) is 12.3. The number of amides is 1. The van der Waals surface area contributed by atoms with E-state index in [9.17, 15) is 4.79 Å². The maximum absolute atomic E-state index is 11.6. The van der Waals surface area contributed by atoms with Gasteiger partial charge in [0.05, 0.1) is 0 Å². The van der Waals surface area contributed by atoms with Gasteiger partial charge in [0.1, 0.15) is 0 Å². The normalized spacial score (nSPS) is 11.1. The van der Waals surface area contributed by atoms with Crippen LogP contribution in [0.2, 0.25) is 0 Å². The Labute approximate surface area is 157 Å². The number of carbonyl (C=O) groups excluding carboxylic acids is 1. The first kappa shape index (κ1) is 23.9. The van der Waals surface area contributed by atoms with Gasteiger partial charge in [-0.25, -0.2) is 0 Å². The molecule has 2 heteroatoms. The van der Waals surface area contributed by atoms with E-state index in [1.165, 1.54) is 77.0 Å². The van der Waals surface area contributed by atoms with E-state index >= 15 is 0 Å². The zero-order valence-corrected chi connectivity index (χ0v) is 16.9. The van der Waals surface area contributed by atoms with Crippen molar-refractivity contribution in [1.29, 1.82) is 0 Å². The van der Waals surface area contributed by atoms with Gasteiger partial charge < -0.3 is 5.32 Å². The molecule has 0 aliphatic carbocycles. The van der Waals surface area contributed by atoms with Gasteiger partial charge in [-0.1, -0.05) is 76.5 Å². The Balaban J connectivity index is 3.18. The van der Waals surface area contributed by atoms with E-state index in [4.69, 9.17) is 0 Å². The van der Waals surface area contributed by atoms with Gasteiger partial charge in [-0.2, -0.15) is 0 Å². The SMILES string of the molecule is C=CCCCNC(=O)CCCCCCC/C=C\CCCCCCCC. The van der Waals surface area contributed by atoms with E-state index in [0.29, 0.717) is 6.42 Å². The minimum absolute atomic E-state index is 0.210. The predicted octanol–water partition coefficient (Wildman–Crippen LogP) is 7.11. The summed E-state index contributed by atoms with van der Waals surface area (Å²) >= 11 is 0. The van der Waals surface area contributed by atoms with Crippen molar-refractivity contribution in [2.75, 3.05) is 6.54 Å². The Morgan fingerprint density at radius 3 is 1.92 bits per heavy atom. The quantitative estimate of drug-likeness (QED) is 0.195. The molecule has 25 heavy (non-hydrogen) atoms. The minimum Gasteiger partial charge on any atom is -0.356 e. The fourth-order valence-corrected chi connectivity index (χ4v) is 2.92. The summed E-state index contributed by atoms with van der Waals surface area (Å²) in [5.74, 6) is 0.210. The van der Waals surface area contributed by atoms with Crippen LogP contribution in [-0.4, -0.2) is 12.5 Å². The third-order valence-electron chi connectivity index (χ3n) is 4.57. The Kier molecular flexibility index (Phi) is 20.1. The first-order valence-electron chi connectivity index (χ1n) is 10.8. The van der Waals surface area contributed by atoms with Crippen molar-refractivity contribution in [1.82, 2.24) is 5.32 Å². The molecule has 1 N–H and O–H groups in total. The number of allylic oxidation sites excluding steroid dienone is 3. The van der Waals surface area contributed by atoms with Crippen molar-refractivity contribution >= 4 is 5.91 Å². The zero-order valence-electron chi connectivity index (χ0n) is 16.9. The lowest BCUT2D eigenvalue weighted by Gasteiger charge is -2.04. The maximum Gasteiger partial charge on any atom is 0.219 e. The summed E-state index contributed by atoms with van der Waals surface area (Å²) in [5, 5.41) is 2.97. The van der Waals surface area contributed by atoms with Gasteiger partial charge in [0.2, 0.25) is 5.91 Å². The van der Waals surface area contributed by atoms with Gasteiger partial charge in [0.15, 0.2) is 0 Å². The minimum atomic E-state index is 0.210. The van der Waals surface area contributed by atoms with Crippen LogP contribution in [0, 0.1) is 0 Å². The number of nitrogens with one attached hydrogen (secondary N) is 1. The Morgan fingerprint density at radius 1 is 0.760 bits per heavy atom. The molecule has 0 aromatic heterocycles. The largest absolute Gasteiger partial charge is 0.356 e. The molecule has 0 radical (unpaired) electrons. The Morgan fingerprint density at radius 2 is 1.32 bits per heavy atom. The van der Waals surface area contributed by atoms with Crippen molar-refractivity contribution in [3.05, 3.63) is 24.8 Å². The summed E-state index contributed by atoms with van der Waals surface area (Å²) in [5.41, 5.74) is 0. The van der Waals surface area contributed by atoms with Crippen LogP contribution in [0.15, 0.2) is 24.8 Å². The van der Waals surface area contributed by atoms with E-state index < -0.39 is 0 Å².